The van der Waals surface area contributed by atoms with Crippen molar-refractivity contribution >= 4 is 11.6 Å². The molecule has 0 aliphatic rings. The van der Waals surface area contributed by atoms with Crippen molar-refractivity contribution < 1.29 is 0 Å². The second-order valence-electron chi connectivity index (χ2n) is 4.13. The highest BCUT2D eigenvalue weighted by Gasteiger charge is 2.05. The van der Waals surface area contributed by atoms with E-state index in [0.29, 0.717) is 11.0 Å². The topological polar surface area (TPSA) is 25.8 Å². The SMILES string of the molecule is CCCc1cc(Cl)nc(-c2cccc(C)c2)n1. The Labute approximate surface area is 107 Å². The van der Waals surface area contributed by atoms with E-state index in [2.05, 4.69) is 35.9 Å². The standard InChI is InChI=1S/C14H15ClN2/c1-3-5-12-9-13(15)17-14(16-12)11-7-4-6-10(2)8-11/h4,6-9H,3,5H2,1-2H3. The maximum Gasteiger partial charge on any atom is 0.161 e. The van der Waals surface area contributed by atoms with Gasteiger partial charge < -0.3 is 0 Å². The van der Waals surface area contributed by atoms with E-state index >= 15 is 0 Å². The fourth-order valence-electron chi connectivity index (χ4n) is 1.76. The molecule has 0 N–H and O–H groups in total. The van der Waals surface area contributed by atoms with Gasteiger partial charge in [-0.15, -0.1) is 0 Å². The Morgan fingerprint density at radius 2 is 2.00 bits per heavy atom. The third-order valence-electron chi connectivity index (χ3n) is 2.53. The van der Waals surface area contributed by atoms with Crippen molar-refractivity contribution in [2.45, 2.75) is 26.7 Å². The van der Waals surface area contributed by atoms with E-state index < -0.39 is 0 Å². The van der Waals surface area contributed by atoms with E-state index in [0.717, 1.165) is 24.1 Å². The van der Waals surface area contributed by atoms with Crippen LogP contribution >= 0.6 is 11.6 Å². The summed E-state index contributed by atoms with van der Waals surface area (Å²) in [5.41, 5.74) is 3.22. The Morgan fingerprint density at radius 1 is 1.18 bits per heavy atom. The van der Waals surface area contributed by atoms with Gasteiger partial charge in [-0.05, 0) is 25.5 Å². The Morgan fingerprint density at radius 3 is 2.71 bits per heavy atom. The van der Waals surface area contributed by atoms with Crippen LogP contribution in [0.4, 0.5) is 0 Å². The van der Waals surface area contributed by atoms with E-state index in [9.17, 15) is 0 Å². The second-order valence-corrected chi connectivity index (χ2v) is 4.51. The van der Waals surface area contributed by atoms with Gasteiger partial charge in [0, 0.05) is 11.3 Å². The zero-order valence-electron chi connectivity index (χ0n) is 10.1. The first kappa shape index (κ1) is 12.1. The zero-order valence-corrected chi connectivity index (χ0v) is 10.8. The van der Waals surface area contributed by atoms with Gasteiger partial charge in [0.05, 0.1) is 0 Å². The van der Waals surface area contributed by atoms with Crippen molar-refractivity contribution in [3.63, 3.8) is 0 Å². The van der Waals surface area contributed by atoms with Crippen molar-refractivity contribution in [1.82, 2.24) is 9.97 Å². The lowest BCUT2D eigenvalue weighted by Gasteiger charge is -2.05. The average Bonchev–Trinajstić information content (AvgIpc) is 2.28. The molecule has 1 aromatic heterocycles. The molecule has 2 aromatic rings. The smallest absolute Gasteiger partial charge is 0.161 e. The highest BCUT2D eigenvalue weighted by molar-refractivity contribution is 6.29. The zero-order chi connectivity index (χ0) is 12.3. The van der Waals surface area contributed by atoms with Crippen LogP contribution in [0.1, 0.15) is 24.6 Å². The summed E-state index contributed by atoms with van der Waals surface area (Å²) in [6.45, 7) is 4.18. The molecule has 0 spiro atoms. The van der Waals surface area contributed by atoms with Gasteiger partial charge in [-0.1, -0.05) is 48.7 Å². The lowest BCUT2D eigenvalue weighted by atomic mass is 10.1. The van der Waals surface area contributed by atoms with Crippen molar-refractivity contribution in [2.75, 3.05) is 0 Å². The molecule has 0 unspecified atom stereocenters. The van der Waals surface area contributed by atoms with Crippen LogP contribution in [0.3, 0.4) is 0 Å². The molecule has 0 bridgehead atoms. The van der Waals surface area contributed by atoms with Gasteiger partial charge in [-0.25, -0.2) is 9.97 Å². The van der Waals surface area contributed by atoms with Crippen molar-refractivity contribution in [2.24, 2.45) is 0 Å². The molecule has 0 radical (unpaired) electrons. The quantitative estimate of drug-likeness (QED) is 0.764. The summed E-state index contributed by atoms with van der Waals surface area (Å²) in [6, 6.07) is 9.98. The molecule has 88 valence electrons. The third kappa shape index (κ3) is 3.04. The van der Waals surface area contributed by atoms with Gasteiger partial charge >= 0.3 is 0 Å². The number of aromatic nitrogens is 2. The summed E-state index contributed by atoms with van der Waals surface area (Å²) in [7, 11) is 0. The minimum atomic E-state index is 0.514. The lowest BCUT2D eigenvalue weighted by molar-refractivity contribution is 0.875. The van der Waals surface area contributed by atoms with Crippen LogP contribution in [-0.2, 0) is 6.42 Å². The molecule has 17 heavy (non-hydrogen) atoms. The van der Waals surface area contributed by atoms with Crippen molar-refractivity contribution in [3.8, 4) is 11.4 Å². The van der Waals surface area contributed by atoms with Crippen LogP contribution in [-0.4, -0.2) is 9.97 Å². The van der Waals surface area contributed by atoms with Crippen LogP contribution in [0.5, 0.6) is 0 Å². The molecule has 0 aliphatic heterocycles. The van der Waals surface area contributed by atoms with Gasteiger partial charge in [-0.3, -0.25) is 0 Å². The summed E-state index contributed by atoms with van der Waals surface area (Å²) < 4.78 is 0. The highest BCUT2D eigenvalue weighted by Crippen LogP contribution is 2.19. The predicted molar refractivity (Wildman–Crippen MR) is 71.2 cm³/mol. The van der Waals surface area contributed by atoms with E-state index in [1.54, 1.807) is 0 Å². The molecule has 0 aliphatic carbocycles. The van der Waals surface area contributed by atoms with E-state index in [-0.39, 0.29) is 0 Å². The van der Waals surface area contributed by atoms with Crippen LogP contribution in [0.25, 0.3) is 11.4 Å². The molecule has 2 rings (SSSR count). The summed E-state index contributed by atoms with van der Waals surface area (Å²) in [5.74, 6) is 0.713. The first-order chi connectivity index (χ1) is 8.19. The molecule has 2 nitrogen and oxygen atoms in total. The van der Waals surface area contributed by atoms with Gasteiger partial charge in [-0.2, -0.15) is 0 Å². The molecule has 0 amide bonds. The van der Waals surface area contributed by atoms with Crippen LogP contribution < -0.4 is 0 Å². The fraction of sp³-hybridized carbons (Fsp3) is 0.286. The summed E-state index contributed by atoms with van der Waals surface area (Å²) in [4.78, 5) is 8.82. The average molecular weight is 247 g/mol. The molecule has 3 heteroatoms. The molecule has 0 fully saturated rings. The first-order valence-corrected chi connectivity index (χ1v) is 6.17. The molecule has 1 aromatic carbocycles. The molecule has 0 saturated heterocycles. The number of hydrogen-bond acceptors (Lipinski definition) is 2. The summed E-state index contributed by atoms with van der Waals surface area (Å²) in [6.07, 6.45) is 1.99. The molecule has 0 atom stereocenters. The van der Waals surface area contributed by atoms with Crippen LogP contribution in [0.2, 0.25) is 5.15 Å². The van der Waals surface area contributed by atoms with Crippen LogP contribution in [0.15, 0.2) is 30.3 Å². The summed E-state index contributed by atoms with van der Waals surface area (Å²) in [5, 5.41) is 0.514. The minimum absolute atomic E-state index is 0.514. The Bertz CT molecular complexity index is 523. The van der Waals surface area contributed by atoms with E-state index in [1.165, 1.54) is 5.56 Å². The highest BCUT2D eigenvalue weighted by atomic mass is 35.5. The fourth-order valence-corrected chi connectivity index (χ4v) is 1.97. The Hall–Kier alpha value is -1.41. The second kappa shape index (κ2) is 5.28. The number of hydrogen-bond donors (Lipinski definition) is 0. The predicted octanol–water partition coefficient (Wildman–Crippen LogP) is 4.06. The maximum atomic E-state index is 6.02. The van der Waals surface area contributed by atoms with Gasteiger partial charge in [0.15, 0.2) is 5.82 Å². The lowest BCUT2D eigenvalue weighted by Crippen LogP contribution is -1.96. The maximum absolute atomic E-state index is 6.02. The third-order valence-corrected chi connectivity index (χ3v) is 2.72. The molecular weight excluding hydrogens is 232 g/mol. The van der Waals surface area contributed by atoms with Crippen molar-refractivity contribution in [1.29, 1.82) is 0 Å². The summed E-state index contributed by atoms with van der Waals surface area (Å²) >= 11 is 6.02. The number of benzene rings is 1. The van der Waals surface area contributed by atoms with Gasteiger partial charge in [0.2, 0.25) is 0 Å². The van der Waals surface area contributed by atoms with Gasteiger partial charge in [0.1, 0.15) is 5.15 Å². The minimum Gasteiger partial charge on any atom is -0.233 e. The number of rotatable bonds is 3. The Balaban J connectivity index is 2.44. The largest absolute Gasteiger partial charge is 0.233 e. The van der Waals surface area contributed by atoms with E-state index in [1.807, 2.05) is 18.2 Å². The number of aryl methyl sites for hydroxylation is 2. The Kier molecular flexibility index (Phi) is 3.75. The molecular formula is C14H15ClN2. The molecule has 1 heterocycles. The number of halogens is 1. The monoisotopic (exact) mass is 246 g/mol. The molecule has 0 saturated carbocycles. The van der Waals surface area contributed by atoms with Crippen LogP contribution in [0, 0.1) is 6.92 Å². The van der Waals surface area contributed by atoms with E-state index in [4.69, 9.17) is 11.6 Å². The number of nitrogens with zero attached hydrogens (tertiary/aromatic N) is 2. The van der Waals surface area contributed by atoms with Gasteiger partial charge in [0.25, 0.3) is 0 Å². The first-order valence-electron chi connectivity index (χ1n) is 5.79. The normalized spacial score (nSPS) is 10.5. The van der Waals surface area contributed by atoms with Crippen molar-refractivity contribution in [3.05, 3.63) is 46.7 Å².